The number of benzene rings is 3. The van der Waals surface area contributed by atoms with E-state index in [1.807, 2.05) is 67.0 Å². The summed E-state index contributed by atoms with van der Waals surface area (Å²) in [6, 6.07) is 46.1. The molecule has 0 N–H and O–H groups in total. The summed E-state index contributed by atoms with van der Waals surface area (Å²) in [5, 5.41) is 5.17. The van der Waals surface area contributed by atoms with Crippen LogP contribution in [0.3, 0.4) is 0 Å². The topological polar surface area (TPSA) is 25.8 Å². The molecule has 0 aliphatic carbocycles. The van der Waals surface area contributed by atoms with E-state index in [1.54, 1.807) is 0 Å². The van der Waals surface area contributed by atoms with Crippen molar-refractivity contribution in [3.8, 4) is 22.5 Å². The van der Waals surface area contributed by atoms with Crippen LogP contribution in [0, 0.1) is 27.3 Å². The molecule has 0 unspecified atom stereocenters. The molecule has 0 saturated carbocycles. The van der Waals surface area contributed by atoms with Crippen LogP contribution in [-0.2, 0) is 23.3 Å². The van der Waals surface area contributed by atoms with Gasteiger partial charge in [-0.25, -0.2) is 0 Å². The van der Waals surface area contributed by atoms with Gasteiger partial charge in [0.25, 0.3) is 0 Å². The molecule has 0 amide bonds. The maximum atomic E-state index is 4.41. The first-order valence-corrected chi connectivity index (χ1v) is 17.2. The molecule has 43 heavy (non-hydrogen) atoms. The zero-order valence-corrected chi connectivity index (χ0v) is 29.6. The summed E-state index contributed by atoms with van der Waals surface area (Å²) in [5.74, 6) is 0. The van der Waals surface area contributed by atoms with Crippen molar-refractivity contribution in [1.82, 2.24) is 9.97 Å². The SMILES string of the molecule is Cc1cc2c(-c3ccccn3)cccc2[cH-]1.Cc1cc2c(-c3ccccn3)cccc2[cH-]1.Cl.Cl.[CH3-].[Si]=[Zr].[c-]1ccccc1. The van der Waals surface area contributed by atoms with E-state index < -0.39 is 0 Å². The van der Waals surface area contributed by atoms with Crippen LogP contribution in [0.25, 0.3) is 44.1 Å². The number of rotatable bonds is 2. The van der Waals surface area contributed by atoms with Crippen LogP contribution in [0.2, 0.25) is 0 Å². The quantitative estimate of drug-likeness (QED) is 0.133. The van der Waals surface area contributed by atoms with E-state index in [4.69, 9.17) is 0 Å². The van der Waals surface area contributed by atoms with Gasteiger partial charge >= 0.3 is 30.2 Å². The van der Waals surface area contributed by atoms with Gasteiger partial charge in [0, 0.05) is 12.4 Å². The minimum Gasteiger partial charge on any atom is -0.184 e. The van der Waals surface area contributed by atoms with Gasteiger partial charge in [0.15, 0.2) is 0 Å². The Morgan fingerprint density at radius 1 is 0.581 bits per heavy atom. The Morgan fingerprint density at radius 3 is 1.35 bits per heavy atom. The Morgan fingerprint density at radius 2 is 1.02 bits per heavy atom. The molecule has 0 aliphatic heterocycles. The number of aryl methyl sites for hydroxylation is 2. The Hall–Kier alpha value is -3.14. The minimum atomic E-state index is 0. The summed E-state index contributed by atoms with van der Waals surface area (Å²) in [5.41, 5.74) is 7.12. The first kappa shape index (κ1) is 37.9. The molecular formula is C37H34Cl2N2SiZr-4. The van der Waals surface area contributed by atoms with Crippen molar-refractivity contribution in [2.75, 3.05) is 0 Å². The molecule has 218 valence electrons. The summed E-state index contributed by atoms with van der Waals surface area (Å²) in [7, 11) is 0. The molecule has 6 heteroatoms. The number of hydrogen-bond donors (Lipinski definition) is 0. The second kappa shape index (κ2) is 19.9. The van der Waals surface area contributed by atoms with Crippen molar-refractivity contribution < 1.29 is 23.3 Å². The van der Waals surface area contributed by atoms with Gasteiger partial charge in [-0.1, -0.05) is 38.1 Å². The van der Waals surface area contributed by atoms with Crippen molar-refractivity contribution in [2.24, 2.45) is 0 Å². The predicted molar refractivity (Wildman–Crippen MR) is 187 cm³/mol. The number of nitrogens with zero attached hydrogens (tertiary/aromatic N) is 2. The molecule has 0 atom stereocenters. The first-order chi connectivity index (χ1) is 19.7. The van der Waals surface area contributed by atoms with E-state index in [1.165, 1.54) is 67.1 Å². The van der Waals surface area contributed by atoms with Crippen LogP contribution in [0.5, 0.6) is 0 Å². The van der Waals surface area contributed by atoms with Crippen molar-refractivity contribution in [1.29, 1.82) is 0 Å². The molecule has 0 saturated heterocycles. The van der Waals surface area contributed by atoms with E-state index in [9.17, 15) is 0 Å². The van der Waals surface area contributed by atoms with Gasteiger partial charge in [-0.05, 0) is 35.4 Å². The van der Waals surface area contributed by atoms with Crippen molar-refractivity contribution in [2.45, 2.75) is 13.8 Å². The Bertz CT molecular complexity index is 1610. The van der Waals surface area contributed by atoms with E-state index in [-0.39, 0.29) is 32.2 Å². The van der Waals surface area contributed by atoms with Gasteiger partial charge in [-0.15, -0.1) is 93.9 Å². The second-order valence-electron chi connectivity index (χ2n) is 9.19. The number of hydrogen-bond acceptors (Lipinski definition) is 2. The van der Waals surface area contributed by atoms with Crippen molar-refractivity contribution in [3.63, 3.8) is 0 Å². The van der Waals surface area contributed by atoms with E-state index in [0.29, 0.717) is 0 Å². The third-order valence-corrected chi connectivity index (χ3v) is 6.28. The molecule has 2 aromatic heterocycles. The number of pyridine rings is 2. The number of halogens is 2. The van der Waals surface area contributed by atoms with Crippen LogP contribution in [0.4, 0.5) is 0 Å². The third kappa shape index (κ3) is 10.5. The Labute approximate surface area is 285 Å². The molecule has 7 aromatic rings. The van der Waals surface area contributed by atoms with Crippen LogP contribution >= 0.6 is 24.8 Å². The van der Waals surface area contributed by atoms with E-state index in [0.717, 1.165) is 11.4 Å². The average Bonchev–Trinajstić information content (AvgIpc) is 3.61. The van der Waals surface area contributed by atoms with Gasteiger partial charge in [0.1, 0.15) is 0 Å². The van der Waals surface area contributed by atoms with E-state index in [2.05, 4.69) is 110 Å². The summed E-state index contributed by atoms with van der Waals surface area (Å²) in [6.45, 7) is 7.32. The molecule has 2 nitrogen and oxygen atoms in total. The predicted octanol–water partition coefficient (Wildman–Crippen LogP) is 10.3. The smallest absolute Gasteiger partial charge is 0.171 e. The molecule has 7 rings (SSSR count). The Kier molecular flexibility index (Phi) is 17.6. The first-order valence-electron chi connectivity index (χ1n) is 13.0. The molecule has 5 aromatic carbocycles. The minimum absolute atomic E-state index is 0. The molecule has 2 heterocycles. The normalized spacial score (nSPS) is 9.23. The second-order valence-corrected chi connectivity index (χ2v) is 9.19. The zero-order valence-electron chi connectivity index (χ0n) is 24.5. The van der Waals surface area contributed by atoms with Crippen LogP contribution in [-0.4, -0.2) is 16.8 Å². The fourth-order valence-electron chi connectivity index (χ4n) is 4.60. The standard InChI is InChI=1S/2C15H12N.C6H5.CH3.2ClH.Si.Zr/c2*1-11-9-12-5-4-6-13(14(12)10-11)15-7-2-3-8-16-15;1-2-4-6-5-3-1;;;;;/h2*2-10H,1H3;1-5H;1H3;2*1H;;/q4*-1;;;;. The number of aromatic nitrogens is 2. The zero-order chi connectivity index (χ0) is 28.2. The van der Waals surface area contributed by atoms with Crippen molar-refractivity contribution in [3.05, 3.63) is 164 Å². The molecule has 0 spiro atoms. The molecular weight excluding hydrogens is 663 g/mol. The summed E-state index contributed by atoms with van der Waals surface area (Å²) in [4.78, 5) is 8.82. The molecule has 0 fully saturated rings. The molecule has 0 bridgehead atoms. The van der Waals surface area contributed by atoms with Gasteiger partial charge in [0.2, 0.25) is 0 Å². The van der Waals surface area contributed by atoms with Gasteiger partial charge < -0.3 is 7.43 Å². The Balaban J connectivity index is 0.000000327. The largest absolute Gasteiger partial charge is 0.184 e. The van der Waals surface area contributed by atoms with Gasteiger partial charge in [-0.3, -0.25) is 9.97 Å². The maximum absolute atomic E-state index is 4.41. The monoisotopic (exact) mass is 694 g/mol. The number of fused-ring (bicyclic) bond motifs is 2. The van der Waals surface area contributed by atoms with Crippen LogP contribution in [0.15, 0.2) is 140 Å². The average molecular weight is 697 g/mol. The maximum Gasteiger partial charge on any atom is -0.171 e. The van der Waals surface area contributed by atoms with Gasteiger partial charge in [0.05, 0.1) is 11.4 Å². The fraction of sp³-hybridized carbons (Fsp3) is 0.0541. The fourth-order valence-corrected chi connectivity index (χ4v) is 4.60. The summed E-state index contributed by atoms with van der Waals surface area (Å²) < 4.78 is 0. The third-order valence-electron chi connectivity index (χ3n) is 6.28. The molecule has 0 aliphatic rings. The molecule has 2 radical (unpaired) electrons. The summed E-state index contributed by atoms with van der Waals surface area (Å²) in [6.07, 6.45) is 3.67. The van der Waals surface area contributed by atoms with Crippen LogP contribution < -0.4 is 0 Å². The van der Waals surface area contributed by atoms with Crippen LogP contribution in [0.1, 0.15) is 11.1 Å². The van der Waals surface area contributed by atoms with Gasteiger partial charge in [-0.2, -0.15) is 48.5 Å². The van der Waals surface area contributed by atoms with E-state index >= 15 is 0 Å². The summed E-state index contributed by atoms with van der Waals surface area (Å²) >= 11 is 1.36. The van der Waals surface area contributed by atoms with Crippen molar-refractivity contribution >= 4 is 53.2 Å².